The van der Waals surface area contributed by atoms with E-state index in [1.165, 1.54) is 0 Å². The van der Waals surface area contributed by atoms with Crippen LogP contribution in [0.4, 0.5) is 0 Å². The molecule has 0 aromatic heterocycles. The van der Waals surface area contributed by atoms with E-state index in [0.29, 0.717) is 11.0 Å². The molecule has 0 saturated carbocycles. The average molecular weight is 273 g/mol. The topological polar surface area (TPSA) is 64.2 Å². The van der Waals surface area contributed by atoms with Gasteiger partial charge in [-0.2, -0.15) is 5.26 Å². The van der Waals surface area contributed by atoms with Crippen LogP contribution in [0.3, 0.4) is 0 Å². The zero-order valence-electron chi connectivity index (χ0n) is 11.2. The Balaban J connectivity index is 2.24. The Hall–Kier alpha value is -2.61. The van der Waals surface area contributed by atoms with Gasteiger partial charge in [-0.05, 0) is 39.5 Å². The van der Waals surface area contributed by atoms with Crippen molar-refractivity contribution in [3.8, 4) is 17.2 Å². The first-order chi connectivity index (χ1) is 10.2. The van der Waals surface area contributed by atoms with Crippen LogP contribution in [-0.4, -0.2) is 17.2 Å². The standard InChI is InChI=1S/C17H12BNO2/c19-11-12-5-7-13(8-6-12)14-9-10-17(18(20)21)16-4-2-1-3-15(14)16/h1-10,20-21H. The average Bonchev–Trinajstić information content (AvgIpc) is 2.54. The van der Waals surface area contributed by atoms with Crippen LogP contribution in [0.1, 0.15) is 5.56 Å². The third-order valence-electron chi connectivity index (χ3n) is 3.56. The van der Waals surface area contributed by atoms with E-state index in [9.17, 15) is 10.0 Å². The molecule has 0 unspecified atom stereocenters. The van der Waals surface area contributed by atoms with Crippen LogP contribution in [-0.2, 0) is 0 Å². The van der Waals surface area contributed by atoms with Gasteiger partial charge in [0.05, 0.1) is 11.6 Å². The van der Waals surface area contributed by atoms with Crippen molar-refractivity contribution in [2.75, 3.05) is 0 Å². The highest BCUT2D eigenvalue weighted by molar-refractivity contribution is 6.62. The predicted molar refractivity (Wildman–Crippen MR) is 83.9 cm³/mol. The quantitative estimate of drug-likeness (QED) is 0.702. The van der Waals surface area contributed by atoms with Gasteiger partial charge in [-0.15, -0.1) is 0 Å². The summed E-state index contributed by atoms with van der Waals surface area (Å²) < 4.78 is 0. The number of hydrogen-bond donors (Lipinski definition) is 2. The molecule has 3 aromatic rings. The van der Waals surface area contributed by atoms with Gasteiger partial charge >= 0.3 is 7.12 Å². The smallest absolute Gasteiger partial charge is 0.423 e. The summed E-state index contributed by atoms with van der Waals surface area (Å²) >= 11 is 0. The van der Waals surface area contributed by atoms with E-state index in [1.807, 2.05) is 42.5 Å². The summed E-state index contributed by atoms with van der Waals surface area (Å²) in [7, 11) is -1.50. The molecule has 0 fully saturated rings. The van der Waals surface area contributed by atoms with Crippen molar-refractivity contribution in [2.24, 2.45) is 0 Å². The van der Waals surface area contributed by atoms with Crippen molar-refractivity contribution in [1.29, 1.82) is 5.26 Å². The molecular formula is C17H12BNO2. The highest BCUT2D eigenvalue weighted by Crippen LogP contribution is 2.28. The first-order valence-electron chi connectivity index (χ1n) is 6.59. The highest BCUT2D eigenvalue weighted by atomic mass is 16.4. The van der Waals surface area contributed by atoms with Gasteiger partial charge in [0.25, 0.3) is 0 Å². The summed E-state index contributed by atoms with van der Waals surface area (Å²) in [6.45, 7) is 0. The SMILES string of the molecule is N#Cc1ccc(-c2ccc(B(O)O)c3ccccc23)cc1. The van der Waals surface area contributed by atoms with Gasteiger partial charge in [0.2, 0.25) is 0 Å². The molecule has 21 heavy (non-hydrogen) atoms. The van der Waals surface area contributed by atoms with Gasteiger partial charge in [0.15, 0.2) is 0 Å². The van der Waals surface area contributed by atoms with E-state index in [1.54, 1.807) is 18.2 Å². The molecule has 0 spiro atoms. The third-order valence-corrected chi connectivity index (χ3v) is 3.56. The van der Waals surface area contributed by atoms with E-state index in [-0.39, 0.29) is 0 Å². The molecule has 3 rings (SSSR count). The fourth-order valence-corrected chi connectivity index (χ4v) is 2.52. The van der Waals surface area contributed by atoms with Crippen molar-refractivity contribution in [1.82, 2.24) is 0 Å². The lowest BCUT2D eigenvalue weighted by atomic mass is 9.76. The number of nitrogens with zero attached hydrogens (tertiary/aromatic N) is 1. The Morgan fingerprint density at radius 1 is 0.810 bits per heavy atom. The number of nitriles is 1. The molecule has 0 aliphatic carbocycles. The van der Waals surface area contributed by atoms with Crippen molar-refractivity contribution in [3.63, 3.8) is 0 Å². The molecular weight excluding hydrogens is 261 g/mol. The van der Waals surface area contributed by atoms with Crippen molar-refractivity contribution < 1.29 is 10.0 Å². The monoisotopic (exact) mass is 273 g/mol. The highest BCUT2D eigenvalue weighted by Gasteiger charge is 2.16. The van der Waals surface area contributed by atoms with Crippen LogP contribution in [0, 0.1) is 11.3 Å². The third kappa shape index (κ3) is 2.41. The van der Waals surface area contributed by atoms with E-state index >= 15 is 0 Å². The summed E-state index contributed by atoms with van der Waals surface area (Å²) in [5.41, 5.74) is 3.09. The van der Waals surface area contributed by atoms with Crippen LogP contribution in [0.15, 0.2) is 60.7 Å². The molecule has 100 valence electrons. The van der Waals surface area contributed by atoms with E-state index in [0.717, 1.165) is 21.9 Å². The zero-order chi connectivity index (χ0) is 14.8. The van der Waals surface area contributed by atoms with Gasteiger partial charge < -0.3 is 10.0 Å². The molecule has 0 heterocycles. The molecule has 0 saturated heterocycles. The van der Waals surface area contributed by atoms with E-state index < -0.39 is 7.12 Å². The second-order valence-corrected chi connectivity index (χ2v) is 4.81. The van der Waals surface area contributed by atoms with Crippen molar-refractivity contribution in [2.45, 2.75) is 0 Å². The minimum absolute atomic E-state index is 0.489. The molecule has 3 nitrogen and oxygen atoms in total. The van der Waals surface area contributed by atoms with Gasteiger partial charge in [0, 0.05) is 0 Å². The Morgan fingerprint density at radius 3 is 2.10 bits per heavy atom. The predicted octanol–water partition coefficient (Wildman–Crippen LogP) is 2.06. The molecule has 2 N–H and O–H groups in total. The van der Waals surface area contributed by atoms with Crippen molar-refractivity contribution in [3.05, 3.63) is 66.2 Å². The maximum absolute atomic E-state index is 9.47. The molecule has 0 aliphatic rings. The molecule has 0 aliphatic heterocycles. The first kappa shape index (κ1) is 13.4. The normalized spacial score (nSPS) is 10.3. The number of fused-ring (bicyclic) bond motifs is 1. The van der Waals surface area contributed by atoms with Gasteiger partial charge in [0.1, 0.15) is 0 Å². The van der Waals surface area contributed by atoms with Crippen molar-refractivity contribution >= 4 is 23.4 Å². The Labute approximate surface area is 122 Å². The van der Waals surface area contributed by atoms with Gasteiger partial charge in [-0.1, -0.05) is 48.5 Å². The van der Waals surface area contributed by atoms with Gasteiger partial charge in [-0.3, -0.25) is 0 Å². The zero-order valence-corrected chi connectivity index (χ0v) is 11.2. The number of rotatable bonds is 2. The number of hydrogen-bond acceptors (Lipinski definition) is 3. The molecule has 0 bridgehead atoms. The molecule has 0 radical (unpaired) electrons. The maximum Gasteiger partial charge on any atom is 0.489 e. The summed E-state index contributed by atoms with van der Waals surface area (Å²) in [5.74, 6) is 0. The fraction of sp³-hybridized carbons (Fsp3) is 0. The van der Waals surface area contributed by atoms with Crippen LogP contribution < -0.4 is 5.46 Å². The van der Waals surface area contributed by atoms with Crippen LogP contribution in [0.25, 0.3) is 21.9 Å². The van der Waals surface area contributed by atoms with E-state index in [4.69, 9.17) is 5.26 Å². The van der Waals surface area contributed by atoms with E-state index in [2.05, 4.69) is 6.07 Å². The Bertz CT molecular complexity index is 836. The lowest BCUT2D eigenvalue weighted by molar-refractivity contribution is 0.426. The Morgan fingerprint density at radius 2 is 1.48 bits per heavy atom. The summed E-state index contributed by atoms with van der Waals surface area (Å²) in [4.78, 5) is 0. The van der Waals surface area contributed by atoms with Crippen LogP contribution >= 0.6 is 0 Å². The second kappa shape index (κ2) is 5.41. The van der Waals surface area contributed by atoms with Gasteiger partial charge in [-0.25, -0.2) is 0 Å². The van der Waals surface area contributed by atoms with Crippen LogP contribution in [0.2, 0.25) is 0 Å². The molecule has 0 atom stereocenters. The lowest BCUT2D eigenvalue weighted by Crippen LogP contribution is -2.30. The van der Waals surface area contributed by atoms with Crippen LogP contribution in [0.5, 0.6) is 0 Å². The molecule has 0 amide bonds. The Kier molecular flexibility index (Phi) is 3.45. The molecule has 4 heteroatoms. The minimum atomic E-state index is -1.50. The summed E-state index contributed by atoms with van der Waals surface area (Å²) in [6.07, 6.45) is 0. The second-order valence-electron chi connectivity index (χ2n) is 4.81. The maximum atomic E-state index is 9.47. The summed E-state index contributed by atoms with van der Waals surface area (Å²) in [6, 6.07) is 20.7. The first-order valence-corrected chi connectivity index (χ1v) is 6.59. The minimum Gasteiger partial charge on any atom is -0.423 e. The number of benzene rings is 3. The fourth-order valence-electron chi connectivity index (χ4n) is 2.52. The lowest BCUT2D eigenvalue weighted by Gasteiger charge is -2.11. The molecule has 3 aromatic carbocycles. The largest absolute Gasteiger partial charge is 0.489 e. The summed E-state index contributed by atoms with van der Waals surface area (Å²) in [5, 5.41) is 29.6.